The van der Waals surface area contributed by atoms with Crippen molar-refractivity contribution >= 4 is 17.7 Å². The van der Waals surface area contributed by atoms with Crippen LogP contribution in [0.25, 0.3) is 6.08 Å². The summed E-state index contributed by atoms with van der Waals surface area (Å²) in [7, 11) is 0. The molecule has 2 aromatic rings. The Kier molecular flexibility index (Phi) is 8.47. The second kappa shape index (κ2) is 11.1. The molecule has 3 nitrogen and oxygen atoms in total. The van der Waals surface area contributed by atoms with Crippen molar-refractivity contribution in [1.29, 1.82) is 0 Å². The summed E-state index contributed by atoms with van der Waals surface area (Å²) in [6.07, 6.45) is 10.6. The summed E-state index contributed by atoms with van der Waals surface area (Å²) in [5, 5.41) is 2.80. The molecule has 0 heterocycles. The van der Waals surface area contributed by atoms with Gasteiger partial charge in [0.1, 0.15) is 5.75 Å². The highest BCUT2D eigenvalue weighted by Crippen LogP contribution is 2.28. The van der Waals surface area contributed by atoms with E-state index in [0.29, 0.717) is 5.75 Å². The lowest BCUT2D eigenvalue weighted by Crippen LogP contribution is -2.20. The Morgan fingerprint density at radius 2 is 1.79 bits per heavy atom. The third-order valence-electron chi connectivity index (χ3n) is 4.67. The molecule has 1 N–H and O–H groups in total. The predicted octanol–water partition coefficient (Wildman–Crippen LogP) is 6.66. The molecule has 1 amide bonds. The van der Waals surface area contributed by atoms with E-state index in [1.807, 2.05) is 60.7 Å². The molecule has 0 spiro atoms. The normalized spacial score (nSPS) is 12.8. The molecule has 1 atom stereocenters. The highest BCUT2D eigenvalue weighted by atomic mass is 16.5. The monoisotopic (exact) mass is 389 g/mol. The van der Waals surface area contributed by atoms with Gasteiger partial charge in [0.2, 0.25) is 0 Å². The number of hydrogen-bond donors (Lipinski definition) is 1. The van der Waals surface area contributed by atoms with Crippen LogP contribution < -0.4 is 10.1 Å². The quantitative estimate of drug-likeness (QED) is 0.462. The molecule has 0 saturated heterocycles. The molecular weight excluding hydrogens is 358 g/mol. The van der Waals surface area contributed by atoms with Crippen LogP contribution in [0, 0.1) is 5.41 Å². The summed E-state index contributed by atoms with van der Waals surface area (Å²) in [4.78, 5) is 12.0. The van der Waals surface area contributed by atoms with Gasteiger partial charge in [-0.05, 0) is 56.5 Å². The Bertz CT molecular complexity index is 846. The van der Waals surface area contributed by atoms with E-state index in [1.165, 1.54) is 5.57 Å². The topological polar surface area (TPSA) is 38.3 Å². The third kappa shape index (κ3) is 8.22. The van der Waals surface area contributed by atoms with Crippen molar-refractivity contribution in [3.05, 3.63) is 90.5 Å². The van der Waals surface area contributed by atoms with Crippen LogP contribution in [0.2, 0.25) is 0 Å². The van der Waals surface area contributed by atoms with Crippen molar-refractivity contribution in [3.8, 4) is 5.75 Å². The van der Waals surface area contributed by atoms with Gasteiger partial charge in [-0.2, -0.15) is 0 Å². The average Bonchev–Trinajstić information content (AvgIpc) is 2.72. The molecule has 29 heavy (non-hydrogen) atoms. The van der Waals surface area contributed by atoms with Gasteiger partial charge in [-0.3, -0.25) is 4.79 Å². The summed E-state index contributed by atoms with van der Waals surface area (Å²) >= 11 is 0. The first-order valence-corrected chi connectivity index (χ1v) is 9.94. The van der Waals surface area contributed by atoms with Crippen molar-refractivity contribution in [3.63, 3.8) is 0 Å². The predicted molar refractivity (Wildman–Crippen MR) is 123 cm³/mol. The molecule has 2 rings (SSSR count). The van der Waals surface area contributed by atoms with Gasteiger partial charge in [0.15, 0.2) is 6.61 Å². The Hall–Kier alpha value is -3.07. The van der Waals surface area contributed by atoms with E-state index < -0.39 is 0 Å². The molecule has 0 radical (unpaired) electrons. The number of rotatable bonds is 10. The lowest BCUT2D eigenvalue weighted by atomic mass is 9.84. The summed E-state index contributed by atoms with van der Waals surface area (Å²) in [5.41, 5.74) is 3.14. The molecule has 0 aromatic heterocycles. The number of allylic oxidation sites excluding steroid dienone is 4. The Balaban J connectivity index is 1.87. The standard InChI is InChI=1S/C26H31NO2/c1-5-26(4,18-9-10-21(2)3)19-17-22-13-15-24(16-14-22)29-20-25(28)27-23-11-7-6-8-12-23/h5-8,10-17,19H,1,9,18,20H2,2-4H3,(H,27,28)/b19-17+/t26-/m1/s1. The van der Waals surface area contributed by atoms with E-state index in [9.17, 15) is 4.79 Å². The highest BCUT2D eigenvalue weighted by molar-refractivity contribution is 5.91. The van der Waals surface area contributed by atoms with Gasteiger partial charge in [0.05, 0.1) is 0 Å². The minimum Gasteiger partial charge on any atom is -0.484 e. The van der Waals surface area contributed by atoms with E-state index in [0.717, 1.165) is 24.1 Å². The number of anilines is 1. The molecule has 0 aliphatic rings. The van der Waals surface area contributed by atoms with Crippen molar-refractivity contribution in [2.24, 2.45) is 5.41 Å². The zero-order valence-electron chi connectivity index (χ0n) is 17.7. The zero-order chi connectivity index (χ0) is 21.1. The first-order valence-electron chi connectivity index (χ1n) is 9.94. The molecule has 0 fully saturated rings. The van der Waals surface area contributed by atoms with Crippen LogP contribution in [0.15, 0.2) is 85.0 Å². The number of carbonyl (C=O) groups excluding carboxylic acids is 1. The largest absolute Gasteiger partial charge is 0.484 e. The van der Waals surface area contributed by atoms with Crippen LogP contribution in [-0.2, 0) is 4.79 Å². The minimum absolute atomic E-state index is 0.0248. The molecule has 152 valence electrons. The van der Waals surface area contributed by atoms with Gasteiger partial charge in [-0.1, -0.05) is 67.1 Å². The third-order valence-corrected chi connectivity index (χ3v) is 4.67. The maximum atomic E-state index is 12.0. The van der Waals surface area contributed by atoms with Crippen LogP contribution in [0.3, 0.4) is 0 Å². The highest BCUT2D eigenvalue weighted by Gasteiger charge is 2.15. The van der Waals surface area contributed by atoms with Gasteiger partial charge >= 0.3 is 0 Å². The van der Waals surface area contributed by atoms with E-state index in [1.54, 1.807) is 0 Å². The Morgan fingerprint density at radius 3 is 2.41 bits per heavy atom. The second-order valence-electron chi connectivity index (χ2n) is 7.64. The summed E-state index contributed by atoms with van der Waals surface area (Å²) < 4.78 is 5.58. The van der Waals surface area contributed by atoms with Gasteiger partial charge < -0.3 is 10.1 Å². The van der Waals surface area contributed by atoms with Gasteiger partial charge in [0.25, 0.3) is 5.91 Å². The lowest BCUT2D eigenvalue weighted by molar-refractivity contribution is -0.118. The maximum absolute atomic E-state index is 12.0. The number of nitrogens with one attached hydrogen (secondary N) is 1. The van der Waals surface area contributed by atoms with Gasteiger partial charge in [0, 0.05) is 11.1 Å². The molecular formula is C26H31NO2. The molecule has 0 aliphatic heterocycles. The van der Waals surface area contributed by atoms with Crippen LogP contribution in [-0.4, -0.2) is 12.5 Å². The lowest BCUT2D eigenvalue weighted by Gasteiger charge is -2.20. The van der Waals surface area contributed by atoms with Crippen molar-refractivity contribution in [2.45, 2.75) is 33.6 Å². The maximum Gasteiger partial charge on any atom is 0.262 e. The van der Waals surface area contributed by atoms with E-state index in [-0.39, 0.29) is 17.9 Å². The number of hydrogen-bond acceptors (Lipinski definition) is 2. The van der Waals surface area contributed by atoms with Crippen LogP contribution in [0.4, 0.5) is 5.69 Å². The molecule has 0 unspecified atom stereocenters. The number of carbonyl (C=O) groups is 1. The first-order chi connectivity index (χ1) is 13.9. The second-order valence-corrected chi connectivity index (χ2v) is 7.64. The fourth-order valence-electron chi connectivity index (χ4n) is 2.75. The van der Waals surface area contributed by atoms with Crippen molar-refractivity contribution in [1.82, 2.24) is 0 Å². The summed E-state index contributed by atoms with van der Waals surface area (Å²) in [5.74, 6) is 0.485. The first kappa shape index (κ1) is 22.2. The molecule has 0 bridgehead atoms. The molecule has 0 aliphatic carbocycles. The average molecular weight is 390 g/mol. The fraction of sp³-hybridized carbons (Fsp3) is 0.269. The summed E-state index contributed by atoms with van der Waals surface area (Å²) in [6, 6.07) is 17.1. The summed E-state index contributed by atoms with van der Waals surface area (Å²) in [6.45, 7) is 10.4. The zero-order valence-corrected chi connectivity index (χ0v) is 17.7. The minimum atomic E-state index is -0.182. The smallest absolute Gasteiger partial charge is 0.262 e. The Morgan fingerprint density at radius 1 is 1.10 bits per heavy atom. The van der Waals surface area contributed by atoms with Crippen LogP contribution in [0.5, 0.6) is 5.75 Å². The van der Waals surface area contributed by atoms with Gasteiger partial charge in [-0.25, -0.2) is 0 Å². The molecule has 2 aromatic carbocycles. The van der Waals surface area contributed by atoms with Crippen LogP contribution >= 0.6 is 0 Å². The van der Waals surface area contributed by atoms with Crippen LogP contribution in [0.1, 0.15) is 39.2 Å². The Labute approximate surface area is 174 Å². The number of para-hydroxylation sites is 1. The van der Waals surface area contributed by atoms with E-state index >= 15 is 0 Å². The molecule has 3 heteroatoms. The van der Waals surface area contributed by atoms with Crippen molar-refractivity contribution < 1.29 is 9.53 Å². The number of ether oxygens (including phenoxy) is 1. The van der Waals surface area contributed by atoms with Gasteiger partial charge in [-0.15, -0.1) is 6.58 Å². The fourth-order valence-corrected chi connectivity index (χ4v) is 2.75. The SMILES string of the molecule is C=C[C@@](C)(/C=C/c1ccc(OCC(=O)Nc2ccccc2)cc1)CCC=C(C)C. The number of benzene rings is 2. The van der Waals surface area contributed by atoms with E-state index in [2.05, 4.69) is 50.9 Å². The number of amides is 1. The molecule has 0 saturated carbocycles. The van der Waals surface area contributed by atoms with E-state index in [4.69, 9.17) is 4.74 Å². The van der Waals surface area contributed by atoms with Crippen molar-refractivity contribution in [2.75, 3.05) is 11.9 Å².